The predicted octanol–water partition coefficient (Wildman–Crippen LogP) is 1.63. The summed E-state index contributed by atoms with van der Waals surface area (Å²) < 4.78 is 11.4. The van der Waals surface area contributed by atoms with Gasteiger partial charge in [0.1, 0.15) is 11.5 Å². The van der Waals surface area contributed by atoms with Gasteiger partial charge < -0.3 is 15.0 Å². The minimum Gasteiger partial charge on any atom is -0.616 e. The molecule has 0 aliphatic rings. The molecule has 94 valence electrons. The molecular weight excluding hydrogens is 238 g/mol. The highest BCUT2D eigenvalue weighted by molar-refractivity contribution is 7.91. The predicted molar refractivity (Wildman–Crippen MR) is 69.8 cm³/mol. The average molecular weight is 255 g/mol. The lowest BCUT2D eigenvalue weighted by atomic mass is 10.2. The second-order valence-corrected chi connectivity index (χ2v) is 5.59. The molecule has 1 unspecified atom stereocenters. The highest BCUT2D eigenvalue weighted by atomic mass is 32.2. The van der Waals surface area contributed by atoms with Gasteiger partial charge in [0.2, 0.25) is 0 Å². The van der Waals surface area contributed by atoms with Crippen molar-refractivity contribution in [2.24, 2.45) is 0 Å². The lowest BCUT2D eigenvalue weighted by molar-refractivity contribution is -0.137. The molecule has 0 aromatic heterocycles. The normalized spacial score (nSPS) is 14.1. The average Bonchev–Trinajstić information content (AvgIpc) is 2.30. The van der Waals surface area contributed by atoms with Gasteiger partial charge >= 0.3 is 5.97 Å². The van der Waals surface area contributed by atoms with Gasteiger partial charge in [0.15, 0.2) is 6.04 Å². The number of carbonyl (C=O) groups is 1. The molecular formula is C12H17NO3S. The van der Waals surface area contributed by atoms with E-state index in [4.69, 9.17) is 5.11 Å². The van der Waals surface area contributed by atoms with Crippen molar-refractivity contribution in [2.45, 2.75) is 19.9 Å². The Labute approximate surface area is 104 Å². The number of benzene rings is 1. The fourth-order valence-electron chi connectivity index (χ4n) is 1.33. The standard InChI is InChI=1S/C12H17NO3S/c1-3-17(16)8-11(12(14)15)13-10-6-4-9(2)5-7-10/h4-7,11,13H,3,8H2,1-2H3,(H,14,15)/t11-,17?/m0/s1. The van der Waals surface area contributed by atoms with Crippen molar-refractivity contribution < 1.29 is 14.5 Å². The van der Waals surface area contributed by atoms with Crippen LogP contribution in [0.2, 0.25) is 0 Å². The maximum absolute atomic E-state index is 11.4. The molecule has 1 rings (SSSR count). The zero-order chi connectivity index (χ0) is 12.8. The molecule has 0 aliphatic carbocycles. The van der Waals surface area contributed by atoms with Crippen LogP contribution >= 0.6 is 0 Å². The number of hydrogen-bond donors (Lipinski definition) is 2. The SMILES string of the molecule is CC[S+]([O-])C[C@H](Nc1ccc(C)cc1)C(=O)O. The monoisotopic (exact) mass is 255 g/mol. The van der Waals surface area contributed by atoms with Gasteiger partial charge in [-0.05, 0) is 26.0 Å². The molecule has 0 heterocycles. The molecule has 0 saturated carbocycles. The molecule has 2 N–H and O–H groups in total. The van der Waals surface area contributed by atoms with Crippen molar-refractivity contribution in [3.8, 4) is 0 Å². The summed E-state index contributed by atoms with van der Waals surface area (Å²) in [6.45, 7) is 3.74. The number of hydrogen-bond acceptors (Lipinski definition) is 3. The van der Waals surface area contributed by atoms with Gasteiger partial charge in [0.05, 0.1) is 0 Å². The molecule has 4 nitrogen and oxygen atoms in total. The maximum atomic E-state index is 11.4. The zero-order valence-corrected chi connectivity index (χ0v) is 10.8. The third kappa shape index (κ3) is 4.66. The second-order valence-electron chi connectivity index (χ2n) is 3.80. The maximum Gasteiger partial charge on any atom is 0.331 e. The van der Waals surface area contributed by atoms with Crippen molar-refractivity contribution in [1.82, 2.24) is 0 Å². The van der Waals surface area contributed by atoms with Crippen LogP contribution in [0.5, 0.6) is 0 Å². The number of carboxylic acid groups (broad SMARTS) is 1. The lowest BCUT2D eigenvalue weighted by Gasteiger charge is -2.17. The fourth-order valence-corrected chi connectivity index (χ4v) is 2.16. The molecule has 1 aromatic rings. The fraction of sp³-hybridized carbons (Fsp3) is 0.417. The molecule has 0 fully saturated rings. The van der Waals surface area contributed by atoms with E-state index in [9.17, 15) is 9.35 Å². The van der Waals surface area contributed by atoms with Crippen molar-refractivity contribution in [2.75, 3.05) is 16.8 Å². The molecule has 0 bridgehead atoms. The number of nitrogens with one attached hydrogen (secondary N) is 1. The topological polar surface area (TPSA) is 72.4 Å². The first-order valence-electron chi connectivity index (χ1n) is 5.44. The Morgan fingerprint density at radius 3 is 2.53 bits per heavy atom. The molecule has 0 saturated heterocycles. The summed E-state index contributed by atoms with van der Waals surface area (Å²) in [6.07, 6.45) is 0. The zero-order valence-electron chi connectivity index (χ0n) is 9.97. The third-order valence-corrected chi connectivity index (χ3v) is 3.71. The quantitative estimate of drug-likeness (QED) is 0.758. The smallest absolute Gasteiger partial charge is 0.331 e. The number of aryl methyl sites for hydroxylation is 1. The van der Waals surface area contributed by atoms with Crippen LogP contribution in [0.3, 0.4) is 0 Å². The summed E-state index contributed by atoms with van der Waals surface area (Å²) in [4.78, 5) is 11.0. The van der Waals surface area contributed by atoms with E-state index < -0.39 is 23.2 Å². The van der Waals surface area contributed by atoms with Crippen LogP contribution in [0.25, 0.3) is 0 Å². The van der Waals surface area contributed by atoms with Crippen molar-refractivity contribution in [3.05, 3.63) is 29.8 Å². The summed E-state index contributed by atoms with van der Waals surface area (Å²) in [5, 5.41) is 11.9. The highest BCUT2D eigenvalue weighted by Crippen LogP contribution is 2.11. The molecule has 0 radical (unpaired) electrons. The highest BCUT2D eigenvalue weighted by Gasteiger charge is 2.22. The Morgan fingerprint density at radius 1 is 1.47 bits per heavy atom. The van der Waals surface area contributed by atoms with E-state index in [0.29, 0.717) is 5.75 Å². The number of anilines is 1. The molecule has 1 aromatic carbocycles. The minimum absolute atomic E-state index is 0.125. The molecule has 0 amide bonds. The van der Waals surface area contributed by atoms with Crippen LogP contribution in [-0.4, -0.2) is 33.2 Å². The third-order valence-electron chi connectivity index (χ3n) is 2.37. The Hall–Kier alpha value is -1.20. The second kappa shape index (κ2) is 6.51. The van der Waals surface area contributed by atoms with E-state index in [-0.39, 0.29) is 5.75 Å². The van der Waals surface area contributed by atoms with E-state index >= 15 is 0 Å². The van der Waals surface area contributed by atoms with Crippen molar-refractivity contribution in [1.29, 1.82) is 0 Å². The molecule has 5 heteroatoms. The first kappa shape index (κ1) is 13.9. The van der Waals surface area contributed by atoms with Gasteiger partial charge in [0, 0.05) is 5.69 Å². The summed E-state index contributed by atoms with van der Waals surface area (Å²) in [5.74, 6) is -0.383. The van der Waals surface area contributed by atoms with Crippen LogP contribution < -0.4 is 5.32 Å². The van der Waals surface area contributed by atoms with Gasteiger partial charge in [0.25, 0.3) is 0 Å². The van der Waals surface area contributed by atoms with Crippen LogP contribution in [0.15, 0.2) is 24.3 Å². The Kier molecular flexibility index (Phi) is 5.31. The first-order chi connectivity index (χ1) is 8.02. The largest absolute Gasteiger partial charge is 0.616 e. The van der Waals surface area contributed by atoms with Crippen molar-refractivity contribution in [3.63, 3.8) is 0 Å². The van der Waals surface area contributed by atoms with Crippen LogP contribution in [0, 0.1) is 6.92 Å². The van der Waals surface area contributed by atoms with E-state index in [1.54, 1.807) is 6.92 Å². The minimum atomic E-state index is -1.10. The van der Waals surface area contributed by atoms with Crippen LogP contribution in [-0.2, 0) is 16.0 Å². The summed E-state index contributed by atoms with van der Waals surface area (Å²) in [5.41, 5.74) is 1.84. The number of rotatable bonds is 6. The Morgan fingerprint density at radius 2 is 2.06 bits per heavy atom. The number of carboxylic acids is 1. The van der Waals surface area contributed by atoms with Gasteiger partial charge in [-0.15, -0.1) is 0 Å². The molecule has 2 atom stereocenters. The summed E-state index contributed by atoms with van der Waals surface area (Å²) in [6, 6.07) is 6.63. The molecule has 17 heavy (non-hydrogen) atoms. The van der Waals surface area contributed by atoms with E-state index in [0.717, 1.165) is 11.3 Å². The van der Waals surface area contributed by atoms with Gasteiger partial charge in [-0.25, -0.2) is 4.79 Å². The van der Waals surface area contributed by atoms with Crippen molar-refractivity contribution >= 4 is 22.8 Å². The summed E-state index contributed by atoms with van der Waals surface area (Å²) in [7, 11) is 0. The Balaban J connectivity index is 2.66. The van der Waals surface area contributed by atoms with Gasteiger partial charge in [-0.2, -0.15) is 0 Å². The lowest BCUT2D eigenvalue weighted by Crippen LogP contribution is -2.36. The van der Waals surface area contributed by atoms with E-state index in [1.165, 1.54) is 0 Å². The van der Waals surface area contributed by atoms with Gasteiger partial charge in [-0.3, -0.25) is 0 Å². The van der Waals surface area contributed by atoms with Crippen LogP contribution in [0.1, 0.15) is 12.5 Å². The molecule has 0 spiro atoms. The van der Waals surface area contributed by atoms with Crippen LogP contribution in [0.4, 0.5) is 5.69 Å². The van der Waals surface area contributed by atoms with E-state index in [2.05, 4.69) is 5.32 Å². The first-order valence-corrected chi connectivity index (χ1v) is 6.92. The number of aliphatic carboxylic acids is 1. The molecule has 0 aliphatic heterocycles. The summed E-state index contributed by atoms with van der Waals surface area (Å²) >= 11 is -1.10. The van der Waals surface area contributed by atoms with E-state index in [1.807, 2.05) is 31.2 Å². The Bertz CT molecular complexity index is 367. The van der Waals surface area contributed by atoms with Gasteiger partial charge in [-0.1, -0.05) is 28.9 Å².